The van der Waals surface area contributed by atoms with E-state index >= 15 is 0 Å². The maximum atomic E-state index is 12.6. The molecular formula is C77H136N2Ni. The van der Waals surface area contributed by atoms with Gasteiger partial charge < -0.3 is 19.4 Å². The standard InChI is InChI=1S/C45H70N2.2C16H33.Ni/c1-9-17-25-36-32-39(33-37(26-18-10-2)41(36)27-19-11-3)45-43(29-21-13-5)42(28-20-12-4)44(47(45)46)38-30-34(22-14-6)40(24-16-8)35(31-38)23-15-7;2*1-3-5-7-9-11-13-15-16-14-12-10-8-6-4-2;/h30-33H,9-29H2,1-8H3;2*1,3-16H2,2H3;/q;2*-1;+2. The maximum Gasteiger partial charge on any atom is 2.00 e. The predicted octanol–water partition coefficient (Wildman–Crippen LogP) is 26.7. The van der Waals surface area contributed by atoms with E-state index in [4.69, 9.17) is 0 Å². The van der Waals surface area contributed by atoms with Gasteiger partial charge in [0.15, 0.2) is 0 Å². The van der Waals surface area contributed by atoms with Gasteiger partial charge in [-0.05, 0) is 141 Å². The molecule has 2 aromatic carbocycles. The fourth-order valence-electron chi connectivity index (χ4n) is 12.2. The number of rotatable bonds is 49. The van der Waals surface area contributed by atoms with Crippen molar-refractivity contribution in [2.24, 2.45) is 0 Å². The molecule has 0 unspecified atom stereocenters. The summed E-state index contributed by atoms with van der Waals surface area (Å²) in [6, 6.07) is 9.92. The zero-order valence-corrected chi connectivity index (χ0v) is 56.6. The molecule has 0 saturated carbocycles. The normalized spacial score (nSPS) is 12.3. The summed E-state index contributed by atoms with van der Waals surface area (Å²) in [4.78, 5) is 0. The van der Waals surface area contributed by atoms with Gasteiger partial charge in [0.1, 0.15) is 0 Å². The van der Waals surface area contributed by atoms with Crippen LogP contribution in [0, 0.1) is 13.8 Å². The van der Waals surface area contributed by atoms with E-state index in [1.165, 1.54) is 263 Å². The van der Waals surface area contributed by atoms with Crippen LogP contribution in [0.25, 0.3) is 16.9 Å². The fraction of sp³-hybridized carbons (Fsp3) is 0.766. The number of allylic oxidation sites excluding steroid dienone is 2. The van der Waals surface area contributed by atoms with E-state index in [9.17, 15) is 5.53 Å². The summed E-state index contributed by atoms with van der Waals surface area (Å²) in [6.45, 7) is 30.8. The molecule has 2 aromatic rings. The molecule has 0 aromatic heterocycles. The molecule has 80 heavy (non-hydrogen) atoms. The van der Waals surface area contributed by atoms with E-state index in [0.29, 0.717) is 0 Å². The Hall–Kier alpha value is -1.99. The van der Waals surface area contributed by atoms with Crippen molar-refractivity contribution in [3.63, 3.8) is 0 Å². The van der Waals surface area contributed by atoms with Crippen LogP contribution in [-0.2, 0) is 55.0 Å². The monoisotopic (exact) mass is 1150 g/mol. The Labute approximate surface area is 512 Å². The Morgan fingerprint density at radius 2 is 0.512 bits per heavy atom. The first-order valence-electron chi connectivity index (χ1n) is 35.6. The molecule has 0 spiro atoms. The summed E-state index contributed by atoms with van der Waals surface area (Å²) in [5.41, 5.74) is 29.2. The molecule has 1 aliphatic rings. The van der Waals surface area contributed by atoms with Gasteiger partial charge in [0.05, 0.1) is 0 Å². The number of nitrogens with zero attached hydrogens (tertiary/aromatic N) is 2. The second-order valence-corrected chi connectivity index (χ2v) is 24.5. The van der Waals surface area contributed by atoms with Gasteiger partial charge >= 0.3 is 16.5 Å². The number of unbranched alkanes of at least 4 members (excludes halogenated alkanes) is 31. The van der Waals surface area contributed by atoms with Crippen LogP contribution in [0.2, 0.25) is 0 Å². The molecule has 0 fully saturated rings. The number of aryl methyl sites for hydroxylation is 4. The van der Waals surface area contributed by atoms with Crippen molar-refractivity contribution in [1.29, 1.82) is 0 Å². The SMILES string of the molecule is CCCCC1=C(c2cc(CCC)c(CCC)c(CCC)c2)[N+](=[N-])C(c2cc(CCCC)c(CCCC)c(CCCC)c2)=C1CCCC.[CH2-]CCCCCCCCCCCCCCC.[CH2-]CCCCCCCCCCCCCCC.[Ni+2]. The minimum absolute atomic E-state index is 0. The minimum atomic E-state index is 0. The molecule has 2 nitrogen and oxygen atoms in total. The van der Waals surface area contributed by atoms with Crippen molar-refractivity contribution < 1.29 is 21.2 Å². The summed E-state index contributed by atoms with van der Waals surface area (Å²) in [7, 11) is 0. The molecule has 0 atom stereocenters. The molecule has 1 heterocycles. The van der Waals surface area contributed by atoms with E-state index in [1.54, 1.807) is 15.8 Å². The zero-order valence-electron chi connectivity index (χ0n) is 55.6. The van der Waals surface area contributed by atoms with Gasteiger partial charge in [-0.2, -0.15) is 12.8 Å². The summed E-state index contributed by atoms with van der Waals surface area (Å²) in [6.07, 6.45) is 63.9. The van der Waals surface area contributed by atoms with E-state index < -0.39 is 0 Å². The van der Waals surface area contributed by atoms with Crippen molar-refractivity contribution in [3.8, 4) is 0 Å². The molecule has 0 N–H and O–H groups in total. The van der Waals surface area contributed by atoms with E-state index in [0.717, 1.165) is 108 Å². The Bertz CT molecular complexity index is 1720. The third-order valence-corrected chi connectivity index (χ3v) is 17.0. The Morgan fingerprint density at radius 1 is 0.275 bits per heavy atom. The molecule has 3 heteroatoms. The Balaban J connectivity index is 0.00000154. The zero-order chi connectivity index (χ0) is 58.0. The van der Waals surface area contributed by atoms with Crippen molar-refractivity contribution in [2.45, 2.75) is 384 Å². The van der Waals surface area contributed by atoms with Gasteiger partial charge in [0.2, 0.25) is 11.4 Å². The van der Waals surface area contributed by atoms with Crippen molar-refractivity contribution in [2.75, 3.05) is 0 Å². The van der Waals surface area contributed by atoms with Crippen LogP contribution in [0.15, 0.2) is 35.4 Å². The molecule has 0 radical (unpaired) electrons. The van der Waals surface area contributed by atoms with Crippen LogP contribution in [0.4, 0.5) is 0 Å². The third-order valence-electron chi connectivity index (χ3n) is 17.0. The third kappa shape index (κ3) is 33.5. The molecule has 0 aliphatic carbocycles. The van der Waals surface area contributed by atoms with E-state index in [-0.39, 0.29) is 16.5 Å². The van der Waals surface area contributed by atoms with Gasteiger partial charge in [-0.15, -0.1) is 0 Å². The van der Waals surface area contributed by atoms with Crippen molar-refractivity contribution in [3.05, 3.63) is 99.3 Å². The average Bonchev–Trinajstić information content (AvgIpc) is 4.00. The maximum absolute atomic E-state index is 12.6. The van der Waals surface area contributed by atoms with Crippen LogP contribution in [0.1, 0.15) is 390 Å². The van der Waals surface area contributed by atoms with E-state index in [1.807, 2.05) is 0 Å². The Morgan fingerprint density at radius 3 is 0.787 bits per heavy atom. The van der Waals surface area contributed by atoms with Crippen molar-refractivity contribution in [1.82, 2.24) is 0 Å². The van der Waals surface area contributed by atoms with Gasteiger partial charge in [0, 0.05) is 22.3 Å². The van der Waals surface area contributed by atoms with Crippen LogP contribution in [0.3, 0.4) is 0 Å². The average molecular weight is 1150 g/mol. The number of benzene rings is 2. The predicted molar refractivity (Wildman–Crippen MR) is 359 cm³/mol. The molecule has 0 saturated heterocycles. The van der Waals surface area contributed by atoms with Gasteiger partial charge in [-0.3, -0.25) is 0 Å². The first-order valence-corrected chi connectivity index (χ1v) is 35.6. The quantitative estimate of drug-likeness (QED) is 0.0273. The van der Waals surface area contributed by atoms with E-state index in [2.05, 4.69) is 107 Å². The summed E-state index contributed by atoms with van der Waals surface area (Å²) in [5, 5.41) is 0. The van der Waals surface area contributed by atoms with Gasteiger partial charge in [0.25, 0.3) is 0 Å². The smallest absolute Gasteiger partial charge is 0.493 e. The van der Waals surface area contributed by atoms with Crippen LogP contribution < -0.4 is 0 Å². The molecule has 464 valence electrons. The molecular weight excluding hydrogens is 1010 g/mol. The van der Waals surface area contributed by atoms with Crippen LogP contribution in [0.5, 0.6) is 0 Å². The first-order chi connectivity index (χ1) is 38.8. The Kier molecular flexibility index (Phi) is 53.6. The second-order valence-electron chi connectivity index (χ2n) is 24.5. The van der Waals surface area contributed by atoms with Crippen molar-refractivity contribution >= 4 is 11.4 Å². The minimum Gasteiger partial charge on any atom is -0.493 e. The topological polar surface area (TPSA) is 25.3 Å². The largest absolute Gasteiger partial charge is 2.00 e. The summed E-state index contributed by atoms with van der Waals surface area (Å²) in [5.74, 6) is 0. The first kappa shape index (κ1) is 78.0. The molecule has 3 rings (SSSR count). The molecule has 0 bridgehead atoms. The summed E-state index contributed by atoms with van der Waals surface area (Å²) >= 11 is 0. The van der Waals surface area contributed by atoms with Crippen LogP contribution >= 0.6 is 0 Å². The number of hydrogen-bond acceptors (Lipinski definition) is 0. The van der Waals surface area contributed by atoms with Gasteiger partial charge in [-0.1, -0.05) is 288 Å². The molecule has 1 aliphatic heterocycles. The van der Waals surface area contributed by atoms with Crippen LogP contribution in [-0.4, -0.2) is 4.70 Å². The summed E-state index contributed by atoms with van der Waals surface area (Å²) < 4.78 is 1.67. The number of hydrogen-bond donors (Lipinski definition) is 0. The fourth-order valence-corrected chi connectivity index (χ4v) is 12.2. The molecule has 0 amide bonds. The second kappa shape index (κ2) is 54.9. The van der Waals surface area contributed by atoms with Gasteiger partial charge in [-0.25, -0.2) is 4.70 Å².